The number of nitrogens with one attached hydrogen (secondary N) is 1. The highest BCUT2D eigenvalue weighted by molar-refractivity contribution is 6.15. The number of aromatic amines is 1. The molecule has 0 saturated carbocycles. The van der Waals surface area contributed by atoms with E-state index in [0.717, 1.165) is 33.1 Å². The van der Waals surface area contributed by atoms with Crippen molar-refractivity contribution >= 4 is 33.6 Å². The lowest BCUT2D eigenvalue weighted by molar-refractivity contribution is 0.776. The van der Waals surface area contributed by atoms with E-state index in [1.165, 1.54) is 0 Å². The van der Waals surface area contributed by atoms with E-state index in [1.807, 2.05) is 29.9 Å². The molecule has 0 unspecified atom stereocenters. The van der Waals surface area contributed by atoms with Gasteiger partial charge in [-0.1, -0.05) is 0 Å². The quantitative estimate of drug-likeness (QED) is 0.491. The number of rotatable bonds is 1. The Kier molecular flexibility index (Phi) is 2.20. The number of aryl methyl sites for hydroxylation is 1. The van der Waals surface area contributed by atoms with Gasteiger partial charge >= 0.3 is 0 Å². The Labute approximate surface area is 119 Å². The van der Waals surface area contributed by atoms with Gasteiger partial charge in [-0.3, -0.25) is 9.67 Å². The van der Waals surface area contributed by atoms with Crippen LogP contribution in [0.2, 0.25) is 0 Å². The number of nitrogens with zero attached hydrogens (tertiary/aromatic N) is 4. The Bertz CT molecular complexity index is 980. The maximum absolute atomic E-state index is 6.02. The summed E-state index contributed by atoms with van der Waals surface area (Å²) < 4.78 is 1.81. The average molecular weight is 279 g/mol. The highest BCUT2D eigenvalue weighted by atomic mass is 15.3. The molecule has 104 valence electrons. The number of nitrogen functional groups attached to an aromatic ring is 2. The van der Waals surface area contributed by atoms with Crippen molar-refractivity contribution in [1.29, 1.82) is 0 Å². The van der Waals surface area contributed by atoms with E-state index in [4.69, 9.17) is 11.5 Å². The zero-order chi connectivity index (χ0) is 14.6. The monoisotopic (exact) mass is 279 g/mol. The van der Waals surface area contributed by atoms with Crippen LogP contribution in [0.1, 0.15) is 0 Å². The van der Waals surface area contributed by atoms with Crippen LogP contribution in [0, 0.1) is 0 Å². The van der Waals surface area contributed by atoms with Crippen LogP contribution in [0.4, 0.5) is 11.8 Å². The van der Waals surface area contributed by atoms with Crippen LogP contribution in [0.15, 0.2) is 30.6 Å². The minimum absolute atomic E-state index is 0.287. The smallest absolute Gasteiger partial charge is 0.199 e. The predicted octanol–water partition coefficient (Wildman–Crippen LogP) is 1.68. The van der Waals surface area contributed by atoms with Gasteiger partial charge in [0.15, 0.2) is 5.95 Å². The van der Waals surface area contributed by atoms with Gasteiger partial charge in [0.05, 0.1) is 16.7 Å². The first-order valence-electron chi connectivity index (χ1n) is 6.46. The van der Waals surface area contributed by atoms with Crippen LogP contribution in [-0.2, 0) is 7.05 Å². The second-order valence-corrected chi connectivity index (χ2v) is 4.90. The summed E-state index contributed by atoms with van der Waals surface area (Å²) in [6, 6.07) is 5.86. The van der Waals surface area contributed by atoms with E-state index in [2.05, 4.69) is 20.1 Å². The fourth-order valence-electron chi connectivity index (χ4n) is 2.74. The SMILES string of the molecule is Cn1nccc1-c1cc2[nH]c(N)nc(N)c2c2ccnc12. The van der Waals surface area contributed by atoms with Crippen molar-refractivity contribution in [3.05, 3.63) is 30.6 Å². The zero-order valence-corrected chi connectivity index (χ0v) is 11.3. The summed E-state index contributed by atoms with van der Waals surface area (Å²) in [7, 11) is 1.90. The van der Waals surface area contributed by atoms with Crippen LogP contribution in [0.3, 0.4) is 0 Å². The molecular formula is C14H13N7. The molecule has 21 heavy (non-hydrogen) atoms. The molecule has 3 aromatic heterocycles. The molecule has 7 heteroatoms. The molecule has 3 heterocycles. The molecule has 7 nitrogen and oxygen atoms in total. The van der Waals surface area contributed by atoms with E-state index in [0.29, 0.717) is 5.82 Å². The molecule has 0 saturated heterocycles. The van der Waals surface area contributed by atoms with E-state index in [-0.39, 0.29) is 5.95 Å². The van der Waals surface area contributed by atoms with Crippen LogP contribution in [-0.4, -0.2) is 24.7 Å². The van der Waals surface area contributed by atoms with Gasteiger partial charge in [-0.2, -0.15) is 10.1 Å². The normalized spacial score (nSPS) is 11.5. The Balaban J connectivity index is 2.21. The van der Waals surface area contributed by atoms with Crippen molar-refractivity contribution < 1.29 is 0 Å². The number of aromatic nitrogens is 5. The summed E-state index contributed by atoms with van der Waals surface area (Å²) in [4.78, 5) is 11.6. The molecule has 0 spiro atoms. The molecule has 0 amide bonds. The minimum Gasteiger partial charge on any atom is -0.383 e. The summed E-state index contributed by atoms with van der Waals surface area (Å²) >= 11 is 0. The Morgan fingerprint density at radius 3 is 2.81 bits per heavy atom. The van der Waals surface area contributed by atoms with Crippen molar-refractivity contribution in [2.45, 2.75) is 0 Å². The Hall–Kier alpha value is -3.09. The number of nitrogens with two attached hydrogens (primary N) is 2. The molecule has 0 aliphatic rings. The highest BCUT2D eigenvalue weighted by Crippen LogP contribution is 2.35. The Morgan fingerprint density at radius 2 is 2.05 bits per heavy atom. The summed E-state index contributed by atoms with van der Waals surface area (Å²) in [5.74, 6) is 0.686. The topological polar surface area (TPSA) is 111 Å². The highest BCUT2D eigenvalue weighted by Gasteiger charge is 2.15. The molecule has 0 fully saturated rings. The lowest BCUT2D eigenvalue weighted by Crippen LogP contribution is -2.01. The molecule has 4 aromatic rings. The number of anilines is 2. The summed E-state index contributed by atoms with van der Waals surface area (Å²) in [6.45, 7) is 0. The van der Waals surface area contributed by atoms with Crippen LogP contribution in [0.5, 0.6) is 0 Å². The maximum Gasteiger partial charge on any atom is 0.199 e. The number of H-pyrrole nitrogens is 1. The van der Waals surface area contributed by atoms with Gasteiger partial charge < -0.3 is 16.5 Å². The summed E-state index contributed by atoms with van der Waals surface area (Å²) in [5.41, 5.74) is 15.4. The van der Waals surface area contributed by atoms with Gasteiger partial charge in [0.2, 0.25) is 0 Å². The maximum atomic E-state index is 6.02. The third-order valence-electron chi connectivity index (χ3n) is 3.64. The number of hydrogen-bond acceptors (Lipinski definition) is 5. The minimum atomic E-state index is 0.287. The lowest BCUT2D eigenvalue weighted by Gasteiger charge is -2.09. The molecule has 4 rings (SSSR count). The van der Waals surface area contributed by atoms with Gasteiger partial charge in [-0.05, 0) is 18.2 Å². The molecule has 0 aliphatic carbocycles. The zero-order valence-electron chi connectivity index (χ0n) is 11.3. The van der Waals surface area contributed by atoms with Crippen molar-refractivity contribution in [3.63, 3.8) is 0 Å². The predicted molar refractivity (Wildman–Crippen MR) is 82.4 cm³/mol. The lowest BCUT2D eigenvalue weighted by atomic mass is 10.0. The summed E-state index contributed by atoms with van der Waals surface area (Å²) in [5, 5.41) is 6.00. The first-order chi connectivity index (χ1) is 10.1. The molecule has 0 atom stereocenters. The Morgan fingerprint density at radius 1 is 1.19 bits per heavy atom. The largest absolute Gasteiger partial charge is 0.383 e. The van der Waals surface area contributed by atoms with Crippen LogP contribution < -0.4 is 11.5 Å². The molecule has 5 N–H and O–H groups in total. The second kappa shape index (κ2) is 3.95. The fourth-order valence-corrected chi connectivity index (χ4v) is 2.74. The third-order valence-corrected chi connectivity index (χ3v) is 3.64. The number of fused-ring (bicyclic) bond motifs is 3. The first-order valence-corrected chi connectivity index (χ1v) is 6.46. The van der Waals surface area contributed by atoms with E-state index >= 15 is 0 Å². The van der Waals surface area contributed by atoms with Crippen molar-refractivity contribution in [3.8, 4) is 11.3 Å². The average Bonchev–Trinajstić information content (AvgIpc) is 3.05. The van der Waals surface area contributed by atoms with Gasteiger partial charge in [0.25, 0.3) is 0 Å². The van der Waals surface area contributed by atoms with Gasteiger partial charge in [0.1, 0.15) is 5.82 Å². The molecule has 1 aromatic carbocycles. The van der Waals surface area contributed by atoms with Crippen molar-refractivity contribution in [1.82, 2.24) is 24.7 Å². The van der Waals surface area contributed by atoms with Gasteiger partial charge in [0, 0.05) is 35.8 Å². The third kappa shape index (κ3) is 1.57. The van der Waals surface area contributed by atoms with Crippen molar-refractivity contribution in [2.75, 3.05) is 11.5 Å². The van der Waals surface area contributed by atoms with Gasteiger partial charge in [-0.25, -0.2) is 0 Å². The molecule has 0 bridgehead atoms. The van der Waals surface area contributed by atoms with Crippen LogP contribution in [0.25, 0.3) is 33.1 Å². The second-order valence-electron chi connectivity index (χ2n) is 4.90. The van der Waals surface area contributed by atoms with E-state index < -0.39 is 0 Å². The number of hydrogen-bond donors (Lipinski definition) is 3. The van der Waals surface area contributed by atoms with E-state index in [1.54, 1.807) is 12.4 Å². The van der Waals surface area contributed by atoms with E-state index in [9.17, 15) is 0 Å². The van der Waals surface area contributed by atoms with Gasteiger partial charge in [-0.15, -0.1) is 0 Å². The molecular weight excluding hydrogens is 266 g/mol. The summed E-state index contributed by atoms with van der Waals surface area (Å²) in [6.07, 6.45) is 3.52. The first kappa shape index (κ1) is 11.7. The standard InChI is InChI=1S/C14H13N7/c1-21-10(3-5-18-21)8-6-9-11(7-2-4-17-12(7)8)13(15)20-14(16)19-9/h2-6H,15H2,1H3,(H3,16,19,20). The fraction of sp³-hybridized carbons (Fsp3) is 0.0714. The molecule has 0 aliphatic heterocycles. The van der Waals surface area contributed by atoms with Crippen LogP contribution >= 0.6 is 0 Å². The molecule has 0 radical (unpaired) electrons. The number of benzene rings is 1. The van der Waals surface area contributed by atoms with Crippen molar-refractivity contribution in [2.24, 2.45) is 7.05 Å².